The molecule has 2 aromatic carbocycles. The Morgan fingerprint density at radius 3 is 1.52 bits per heavy atom. The lowest BCUT2D eigenvalue weighted by Crippen LogP contribution is -2.57. The molecule has 0 aliphatic heterocycles. The number of hydrogen-bond donors (Lipinski definition) is 8. The molecule has 0 unspecified atom stereocenters. The number of aliphatic hydroxyl groups is 1. The summed E-state index contributed by atoms with van der Waals surface area (Å²) in [4.78, 5) is 49.9. The molecule has 0 saturated carbocycles. The summed E-state index contributed by atoms with van der Waals surface area (Å²) >= 11 is 0. The van der Waals surface area contributed by atoms with Gasteiger partial charge in [-0.1, -0.05) is 24.3 Å². The van der Waals surface area contributed by atoms with Crippen molar-refractivity contribution in [3.8, 4) is 11.5 Å². The molecule has 18 nitrogen and oxygen atoms in total. The highest BCUT2D eigenvalue weighted by atomic mass is 32.3. The van der Waals surface area contributed by atoms with Crippen LogP contribution in [-0.4, -0.2) is 90.6 Å². The van der Waals surface area contributed by atoms with Crippen molar-refractivity contribution in [2.24, 2.45) is 5.73 Å². The van der Waals surface area contributed by atoms with Crippen LogP contribution in [0.1, 0.15) is 18.1 Å². The largest absolute Gasteiger partial charge is 0.480 e. The standard InChI is InChI=1S/C24H30N4O14S2/c1-13(21(30)28-20(24(33)34)11-15-4-8-17(9-5-15)42-44(38,39)40)26-23(32)19(27-22(31)18(25)12-29)10-14-2-6-16(7-3-14)41-43(35,36)37/h2-9,13,18-20,29H,10-12,25H2,1H3,(H,26,32)(H,27,31)(H,28,30)(H,33,34)(H,35,36,37)(H,38,39,40)/t13-,18-,19-,20-/m0/s1. The molecular formula is C24H30N4O14S2. The second kappa shape index (κ2) is 15.4. The minimum atomic E-state index is -4.78. The van der Waals surface area contributed by atoms with E-state index in [1.54, 1.807) is 0 Å². The van der Waals surface area contributed by atoms with Crippen LogP contribution in [0.5, 0.6) is 11.5 Å². The van der Waals surface area contributed by atoms with Crippen LogP contribution < -0.4 is 30.1 Å². The zero-order valence-electron chi connectivity index (χ0n) is 22.8. The predicted molar refractivity (Wildman–Crippen MR) is 149 cm³/mol. The van der Waals surface area contributed by atoms with Crippen LogP contribution >= 0.6 is 0 Å². The van der Waals surface area contributed by atoms with Crippen LogP contribution in [0.25, 0.3) is 0 Å². The third-order valence-electron chi connectivity index (χ3n) is 5.66. The van der Waals surface area contributed by atoms with Crippen LogP contribution in [-0.2, 0) is 52.8 Å². The molecule has 242 valence electrons. The highest BCUT2D eigenvalue weighted by Crippen LogP contribution is 2.16. The van der Waals surface area contributed by atoms with Crippen LogP contribution in [0.4, 0.5) is 0 Å². The lowest BCUT2D eigenvalue weighted by atomic mass is 10.0. The van der Waals surface area contributed by atoms with Gasteiger partial charge in [0, 0.05) is 12.8 Å². The van der Waals surface area contributed by atoms with Gasteiger partial charge in [-0.15, -0.1) is 0 Å². The van der Waals surface area contributed by atoms with Crippen LogP contribution in [0.15, 0.2) is 48.5 Å². The van der Waals surface area contributed by atoms with Crippen molar-refractivity contribution in [2.75, 3.05) is 6.61 Å². The van der Waals surface area contributed by atoms with Gasteiger partial charge in [0.1, 0.15) is 35.7 Å². The molecule has 0 fully saturated rings. The number of aliphatic hydroxyl groups excluding tert-OH is 1. The molecule has 4 atom stereocenters. The van der Waals surface area contributed by atoms with Gasteiger partial charge in [-0.2, -0.15) is 16.8 Å². The fraction of sp³-hybridized carbons (Fsp3) is 0.333. The number of carbonyl (C=O) groups excluding carboxylic acids is 3. The maximum Gasteiger partial charge on any atom is 0.446 e. The monoisotopic (exact) mass is 662 g/mol. The Kier molecular flexibility index (Phi) is 12.6. The number of carboxylic acid groups (broad SMARTS) is 1. The highest BCUT2D eigenvalue weighted by Gasteiger charge is 2.29. The van der Waals surface area contributed by atoms with Gasteiger partial charge in [0.25, 0.3) is 0 Å². The number of amides is 3. The van der Waals surface area contributed by atoms with Gasteiger partial charge < -0.3 is 40.3 Å². The summed E-state index contributed by atoms with van der Waals surface area (Å²) in [5, 5.41) is 25.7. The third-order valence-corrected chi connectivity index (χ3v) is 6.47. The van der Waals surface area contributed by atoms with Gasteiger partial charge in [0.05, 0.1) is 6.61 Å². The van der Waals surface area contributed by atoms with E-state index in [4.69, 9.17) is 19.9 Å². The maximum absolute atomic E-state index is 13.1. The van der Waals surface area contributed by atoms with Crippen LogP contribution in [0.3, 0.4) is 0 Å². The summed E-state index contributed by atoms with van der Waals surface area (Å²) in [5.41, 5.74) is 6.22. The number of carbonyl (C=O) groups is 4. The van der Waals surface area contributed by atoms with Crippen molar-refractivity contribution < 1.29 is 63.7 Å². The van der Waals surface area contributed by atoms with E-state index in [2.05, 4.69) is 24.3 Å². The Morgan fingerprint density at radius 2 is 1.14 bits per heavy atom. The first-order chi connectivity index (χ1) is 20.4. The number of hydrogen-bond acceptors (Lipinski definition) is 12. The number of benzene rings is 2. The SMILES string of the molecule is C[C@H](NC(=O)[C@H](Cc1ccc(OS(=O)(=O)O)cc1)NC(=O)[C@@H](N)CO)C(=O)N[C@@H](Cc1ccc(OS(=O)(=O)O)cc1)C(=O)O. The summed E-state index contributed by atoms with van der Waals surface area (Å²) in [6.45, 7) is 0.501. The molecule has 2 aromatic rings. The van der Waals surface area contributed by atoms with Crippen LogP contribution in [0.2, 0.25) is 0 Å². The highest BCUT2D eigenvalue weighted by molar-refractivity contribution is 7.81. The van der Waals surface area contributed by atoms with E-state index < -0.39 is 75.3 Å². The van der Waals surface area contributed by atoms with Crippen molar-refractivity contribution in [1.82, 2.24) is 16.0 Å². The molecule has 0 spiro atoms. The van der Waals surface area contributed by atoms with Crippen molar-refractivity contribution in [3.63, 3.8) is 0 Å². The first kappa shape index (κ1) is 35.9. The van der Waals surface area contributed by atoms with Crippen molar-refractivity contribution in [1.29, 1.82) is 0 Å². The summed E-state index contributed by atoms with van der Waals surface area (Å²) in [7, 11) is -9.55. The van der Waals surface area contributed by atoms with Gasteiger partial charge in [-0.3, -0.25) is 23.5 Å². The molecule has 20 heteroatoms. The minimum Gasteiger partial charge on any atom is -0.480 e. The number of rotatable bonds is 16. The van der Waals surface area contributed by atoms with E-state index in [-0.39, 0.29) is 24.3 Å². The maximum atomic E-state index is 13.1. The first-order valence-electron chi connectivity index (χ1n) is 12.4. The minimum absolute atomic E-state index is 0.217. The van der Waals surface area contributed by atoms with Crippen molar-refractivity contribution in [3.05, 3.63) is 59.7 Å². The molecule has 0 saturated heterocycles. The molecule has 0 aliphatic carbocycles. The van der Waals surface area contributed by atoms with E-state index in [1.807, 2.05) is 0 Å². The van der Waals surface area contributed by atoms with E-state index >= 15 is 0 Å². The quantitative estimate of drug-likeness (QED) is 0.0878. The summed E-state index contributed by atoms with van der Waals surface area (Å²) in [6.07, 6.45) is -0.478. The molecule has 0 radical (unpaired) electrons. The van der Waals surface area contributed by atoms with E-state index in [9.17, 15) is 41.1 Å². The fourth-order valence-corrected chi connectivity index (χ4v) is 4.23. The van der Waals surface area contributed by atoms with Gasteiger partial charge >= 0.3 is 26.8 Å². The summed E-state index contributed by atoms with van der Waals surface area (Å²) < 4.78 is 69.5. The lowest BCUT2D eigenvalue weighted by Gasteiger charge is -2.23. The molecule has 2 rings (SSSR count). The van der Waals surface area contributed by atoms with Crippen molar-refractivity contribution >= 4 is 44.5 Å². The molecular weight excluding hydrogens is 632 g/mol. The summed E-state index contributed by atoms with van der Waals surface area (Å²) in [5.74, 6) is -4.64. The lowest BCUT2D eigenvalue weighted by molar-refractivity contribution is -0.142. The van der Waals surface area contributed by atoms with Gasteiger partial charge in [-0.05, 0) is 42.3 Å². The smallest absolute Gasteiger partial charge is 0.446 e. The molecule has 0 bridgehead atoms. The second-order valence-electron chi connectivity index (χ2n) is 9.20. The normalized spacial score (nSPS) is 14.3. The molecule has 0 heterocycles. The topological polar surface area (TPSA) is 298 Å². The Labute approximate surface area is 251 Å². The Bertz CT molecular complexity index is 1550. The van der Waals surface area contributed by atoms with Gasteiger partial charge in [0.15, 0.2) is 0 Å². The average molecular weight is 663 g/mol. The molecule has 0 aromatic heterocycles. The van der Waals surface area contributed by atoms with Gasteiger partial charge in [-0.25, -0.2) is 4.79 Å². The average Bonchev–Trinajstić information content (AvgIpc) is 2.91. The van der Waals surface area contributed by atoms with E-state index in [0.717, 1.165) is 24.3 Å². The van der Waals surface area contributed by atoms with Crippen molar-refractivity contribution in [2.45, 2.75) is 43.9 Å². The summed E-state index contributed by atoms with van der Waals surface area (Å²) in [6, 6.07) is 4.32. The Hall–Kier alpha value is -4.34. The van der Waals surface area contributed by atoms with Gasteiger partial charge in [0.2, 0.25) is 17.7 Å². The number of carboxylic acids is 1. The number of nitrogens with one attached hydrogen (secondary N) is 3. The van der Waals surface area contributed by atoms with E-state index in [0.29, 0.717) is 11.1 Å². The molecule has 9 N–H and O–H groups in total. The predicted octanol–water partition coefficient (Wildman–Crippen LogP) is -2.29. The zero-order chi connectivity index (χ0) is 33.2. The molecule has 44 heavy (non-hydrogen) atoms. The third kappa shape index (κ3) is 12.5. The zero-order valence-corrected chi connectivity index (χ0v) is 24.4. The fourth-order valence-electron chi connectivity index (χ4n) is 3.52. The Balaban J connectivity index is 2.12. The Morgan fingerprint density at radius 1 is 0.727 bits per heavy atom. The molecule has 3 amide bonds. The first-order valence-corrected chi connectivity index (χ1v) is 15.1. The number of aliphatic carboxylic acids is 1. The van der Waals surface area contributed by atoms with E-state index in [1.165, 1.54) is 31.2 Å². The number of nitrogens with two attached hydrogens (primary N) is 1. The van der Waals surface area contributed by atoms with Crippen LogP contribution in [0, 0.1) is 0 Å². The molecule has 0 aliphatic rings. The second-order valence-corrected chi connectivity index (χ2v) is 11.2.